The molecule has 0 spiro atoms. The van der Waals surface area contributed by atoms with Crippen LogP contribution in [0.3, 0.4) is 0 Å². The van der Waals surface area contributed by atoms with Crippen LogP contribution in [0.1, 0.15) is 82.2 Å². The van der Waals surface area contributed by atoms with Crippen molar-refractivity contribution >= 4 is 25.4 Å². The molecule has 2 aliphatic carbocycles. The van der Waals surface area contributed by atoms with Crippen LogP contribution >= 0.6 is 7.60 Å². The van der Waals surface area contributed by atoms with Crippen LogP contribution in [0.25, 0.3) is 0 Å². The van der Waals surface area contributed by atoms with Crippen LogP contribution < -0.4 is 26.6 Å². The third-order valence-corrected chi connectivity index (χ3v) is 10.9. The van der Waals surface area contributed by atoms with Gasteiger partial charge in [-0.1, -0.05) is 49.6 Å². The van der Waals surface area contributed by atoms with E-state index in [9.17, 15) is 14.4 Å². The Morgan fingerprint density at radius 3 is 2.35 bits per heavy atom. The Morgan fingerprint density at radius 1 is 0.870 bits per heavy atom. The van der Waals surface area contributed by atoms with Crippen LogP contribution in [0.4, 0.5) is 17.8 Å². The summed E-state index contributed by atoms with van der Waals surface area (Å²) < 4.78 is 11.4. The van der Waals surface area contributed by atoms with Gasteiger partial charge < -0.3 is 36.4 Å². The Balaban J connectivity index is 1.05. The van der Waals surface area contributed by atoms with Crippen molar-refractivity contribution in [2.45, 2.75) is 82.7 Å². The Bertz CT molecular complexity index is 1220. The second-order valence-corrected chi connectivity index (χ2v) is 15.4. The van der Waals surface area contributed by atoms with Gasteiger partial charge in [0.1, 0.15) is 0 Å². The zero-order chi connectivity index (χ0) is 32.2. The molecular formula is C33H56N9O3P. The molecule has 1 aromatic heterocycles. The van der Waals surface area contributed by atoms with Gasteiger partial charge in [-0.05, 0) is 94.9 Å². The summed E-state index contributed by atoms with van der Waals surface area (Å²) in [5, 5.41) is 10.9. The fraction of sp³-hybridized carbons (Fsp3) is 0.727. The van der Waals surface area contributed by atoms with Gasteiger partial charge in [-0.2, -0.15) is 15.0 Å². The van der Waals surface area contributed by atoms with Crippen LogP contribution in [0, 0.1) is 11.8 Å². The van der Waals surface area contributed by atoms with E-state index in [-0.39, 0.29) is 18.2 Å². The van der Waals surface area contributed by atoms with E-state index in [0.717, 1.165) is 50.2 Å². The molecule has 46 heavy (non-hydrogen) atoms. The molecule has 1 unspecified atom stereocenters. The van der Waals surface area contributed by atoms with Crippen molar-refractivity contribution in [3.05, 3.63) is 35.9 Å². The molecule has 2 saturated carbocycles. The number of nitrogens with one attached hydrogen (secondary N) is 3. The molecule has 12 nitrogen and oxygen atoms in total. The molecule has 0 radical (unpaired) electrons. The van der Waals surface area contributed by atoms with E-state index < -0.39 is 7.60 Å². The maximum atomic E-state index is 11.4. The predicted octanol–water partition coefficient (Wildman–Crippen LogP) is 4.01. The molecule has 1 aliphatic heterocycles. The fourth-order valence-corrected chi connectivity index (χ4v) is 7.90. The quantitative estimate of drug-likeness (QED) is 0.114. The van der Waals surface area contributed by atoms with Gasteiger partial charge in [0.05, 0.1) is 12.2 Å². The molecule has 5 rings (SSSR count). The first-order chi connectivity index (χ1) is 22.3. The standard InChI is InChI=1S/C33H56N9O3P/c34-31-38-32(37-24-27-15-13-26(14-16-27)23-35-17-7-18-36-29-11-5-2-6-12-29)40-33(39-31)42-21-20-41(19-8-22-46(43,44)45)30(25-42)28-9-3-1-4-10-28/h1,3-4,9-10,26-27,29-30,35-36H,2,5-8,11-25H2,(H2,43,44,45)(H3,34,37,38,39,40). The van der Waals surface area contributed by atoms with Crippen molar-refractivity contribution in [2.75, 3.05) is 74.5 Å². The summed E-state index contributed by atoms with van der Waals surface area (Å²) in [7, 11) is -4.02. The number of rotatable bonds is 16. The topological polar surface area (TPSA) is 165 Å². The van der Waals surface area contributed by atoms with Gasteiger partial charge in [-0.3, -0.25) is 9.46 Å². The maximum absolute atomic E-state index is 11.4. The number of anilines is 3. The second-order valence-electron chi connectivity index (χ2n) is 13.6. The van der Waals surface area contributed by atoms with Crippen molar-refractivity contribution < 1.29 is 14.4 Å². The van der Waals surface area contributed by atoms with Gasteiger partial charge in [0.25, 0.3) is 0 Å². The minimum atomic E-state index is -4.02. The van der Waals surface area contributed by atoms with Crippen molar-refractivity contribution in [3.8, 4) is 0 Å². The first kappa shape index (κ1) is 35.0. The first-order valence-corrected chi connectivity index (χ1v) is 19.4. The van der Waals surface area contributed by atoms with E-state index in [1.165, 1.54) is 64.2 Å². The Kier molecular flexibility index (Phi) is 13.5. The lowest BCUT2D eigenvalue weighted by atomic mass is 9.82. The molecule has 0 bridgehead atoms. The highest BCUT2D eigenvalue weighted by Gasteiger charge is 2.30. The van der Waals surface area contributed by atoms with E-state index in [4.69, 9.17) is 10.7 Å². The summed E-state index contributed by atoms with van der Waals surface area (Å²) in [5.41, 5.74) is 7.32. The van der Waals surface area contributed by atoms with Gasteiger partial charge >= 0.3 is 7.60 Å². The van der Waals surface area contributed by atoms with Gasteiger partial charge in [0.15, 0.2) is 0 Å². The number of nitrogens with zero attached hydrogens (tertiary/aromatic N) is 5. The van der Waals surface area contributed by atoms with Crippen molar-refractivity contribution in [3.63, 3.8) is 0 Å². The normalized spacial score (nSPS) is 23.4. The minimum absolute atomic E-state index is 0.0454. The molecule has 2 aromatic rings. The largest absolute Gasteiger partial charge is 0.368 e. The van der Waals surface area contributed by atoms with Crippen LogP contribution in [0.2, 0.25) is 0 Å². The first-order valence-electron chi connectivity index (χ1n) is 17.6. The third-order valence-electron chi connectivity index (χ3n) is 10.0. The summed E-state index contributed by atoms with van der Waals surface area (Å²) in [6, 6.07) is 11.0. The van der Waals surface area contributed by atoms with Gasteiger partial charge in [-0.15, -0.1) is 0 Å². The van der Waals surface area contributed by atoms with E-state index in [1.807, 2.05) is 18.2 Å². The monoisotopic (exact) mass is 657 g/mol. The summed E-state index contributed by atoms with van der Waals surface area (Å²) in [4.78, 5) is 36.8. The minimum Gasteiger partial charge on any atom is -0.368 e. The fourth-order valence-electron chi connectivity index (χ4n) is 7.35. The predicted molar refractivity (Wildman–Crippen MR) is 185 cm³/mol. The van der Waals surface area contributed by atoms with E-state index in [0.29, 0.717) is 43.9 Å². The maximum Gasteiger partial charge on any atom is 0.325 e. The number of nitrogens with two attached hydrogens (primary N) is 1. The Labute approximate surface area is 274 Å². The molecule has 1 aromatic carbocycles. The van der Waals surface area contributed by atoms with Crippen molar-refractivity contribution in [1.29, 1.82) is 0 Å². The lowest BCUT2D eigenvalue weighted by Gasteiger charge is -2.41. The number of benzene rings is 1. The molecule has 1 saturated heterocycles. The number of piperazine rings is 1. The number of aromatic nitrogens is 3. The lowest BCUT2D eigenvalue weighted by Crippen LogP contribution is -2.49. The zero-order valence-electron chi connectivity index (χ0n) is 27.4. The Hall–Kier alpha value is -2.34. The Morgan fingerprint density at radius 2 is 1.61 bits per heavy atom. The van der Waals surface area contributed by atoms with Gasteiger partial charge in [0.2, 0.25) is 17.8 Å². The highest BCUT2D eigenvalue weighted by Crippen LogP contribution is 2.36. The highest BCUT2D eigenvalue weighted by atomic mass is 31.2. The molecule has 3 fully saturated rings. The van der Waals surface area contributed by atoms with Crippen LogP contribution in [-0.2, 0) is 4.57 Å². The molecule has 7 N–H and O–H groups in total. The summed E-state index contributed by atoms with van der Waals surface area (Å²) in [5.74, 6) is 2.64. The molecule has 2 heterocycles. The number of nitrogen functional groups attached to an aromatic ring is 1. The van der Waals surface area contributed by atoms with Gasteiger partial charge in [-0.25, -0.2) is 0 Å². The molecular weight excluding hydrogens is 601 g/mol. The molecule has 256 valence electrons. The summed E-state index contributed by atoms with van der Waals surface area (Å²) in [6.45, 7) is 6.86. The van der Waals surface area contributed by atoms with E-state index in [1.54, 1.807) is 0 Å². The van der Waals surface area contributed by atoms with Gasteiger partial charge in [0, 0.05) is 32.2 Å². The van der Waals surface area contributed by atoms with E-state index >= 15 is 0 Å². The molecule has 1 atom stereocenters. The number of hydrogen-bond acceptors (Lipinski definition) is 10. The SMILES string of the molecule is Nc1nc(NCC2CCC(CNCCCNC3CCCCC3)CC2)nc(N2CCN(CCCP(=O)(O)O)C(c3ccccc3)C2)n1. The van der Waals surface area contributed by atoms with Crippen LogP contribution in [-0.4, -0.2) is 94.2 Å². The molecule has 3 aliphatic rings. The van der Waals surface area contributed by atoms with Crippen molar-refractivity contribution in [1.82, 2.24) is 30.5 Å². The van der Waals surface area contributed by atoms with E-state index in [2.05, 4.69) is 47.9 Å². The zero-order valence-corrected chi connectivity index (χ0v) is 28.3. The second kappa shape index (κ2) is 17.7. The third kappa shape index (κ3) is 11.4. The average Bonchev–Trinajstić information content (AvgIpc) is 3.06. The van der Waals surface area contributed by atoms with Crippen LogP contribution in [0.15, 0.2) is 30.3 Å². The molecule has 0 amide bonds. The summed E-state index contributed by atoms with van der Waals surface area (Å²) in [6.07, 6.45) is 13.4. The highest BCUT2D eigenvalue weighted by molar-refractivity contribution is 7.51. The summed E-state index contributed by atoms with van der Waals surface area (Å²) >= 11 is 0. The average molecular weight is 658 g/mol. The van der Waals surface area contributed by atoms with Crippen LogP contribution in [0.5, 0.6) is 0 Å². The molecule has 13 heteroatoms. The lowest BCUT2D eigenvalue weighted by molar-refractivity contribution is 0.176. The smallest absolute Gasteiger partial charge is 0.325 e. The number of hydrogen-bond donors (Lipinski definition) is 6. The van der Waals surface area contributed by atoms with Crippen molar-refractivity contribution in [2.24, 2.45) is 11.8 Å².